The third-order valence-corrected chi connectivity index (χ3v) is 10.9. The van der Waals surface area contributed by atoms with Crippen LogP contribution in [0.15, 0.2) is 54.6 Å². The first kappa shape index (κ1) is 28.9. The molecule has 1 spiro atoms. The summed E-state index contributed by atoms with van der Waals surface area (Å²) in [5, 5.41) is 10.7. The molecule has 0 aromatic heterocycles. The number of benzene rings is 1. The van der Waals surface area contributed by atoms with E-state index < -0.39 is 39.0 Å². The molecule has 2 saturated heterocycles. The first-order valence-corrected chi connectivity index (χ1v) is 15.1. The highest BCUT2D eigenvalue weighted by molar-refractivity contribution is 8.02. The van der Waals surface area contributed by atoms with Crippen LogP contribution in [0.4, 0.5) is 0 Å². The van der Waals surface area contributed by atoms with Gasteiger partial charge in [-0.25, -0.2) is 0 Å². The largest absolute Gasteiger partial charge is 0.394 e. The zero-order valence-corrected chi connectivity index (χ0v) is 25.6. The summed E-state index contributed by atoms with van der Waals surface area (Å²) in [7, 11) is 1.77. The molecule has 0 bridgehead atoms. The average molecular weight is 566 g/mol. The summed E-state index contributed by atoms with van der Waals surface area (Å²) in [6.45, 7) is 13.3. The van der Waals surface area contributed by atoms with Crippen molar-refractivity contribution in [2.75, 3.05) is 26.7 Å². The van der Waals surface area contributed by atoms with Gasteiger partial charge in [0, 0.05) is 30.4 Å². The smallest absolute Gasteiger partial charge is 0.247 e. The lowest BCUT2D eigenvalue weighted by Gasteiger charge is -2.45. The number of aliphatic hydroxyl groups is 1. The predicted octanol–water partition coefficient (Wildman–Crippen LogP) is 4.05. The van der Waals surface area contributed by atoms with Crippen LogP contribution in [0.1, 0.15) is 59.6 Å². The summed E-state index contributed by atoms with van der Waals surface area (Å²) in [5.74, 6) is -1.79. The van der Waals surface area contributed by atoms with Crippen molar-refractivity contribution in [3.05, 3.63) is 60.2 Å². The number of thioether (sulfide) groups is 1. The lowest BCUT2D eigenvalue weighted by molar-refractivity contribution is -0.149. The van der Waals surface area contributed by atoms with Crippen molar-refractivity contribution in [3.63, 3.8) is 0 Å². The van der Waals surface area contributed by atoms with Gasteiger partial charge in [-0.3, -0.25) is 14.4 Å². The summed E-state index contributed by atoms with van der Waals surface area (Å²) >= 11 is 1.58. The number of aliphatic hydroxyl groups excluding tert-OH is 1. The number of hydrogen-bond donors (Lipinski definition) is 1. The molecule has 7 nitrogen and oxygen atoms in total. The maximum Gasteiger partial charge on any atom is 0.247 e. The normalized spacial score (nSPS) is 33.0. The van der Waals surface area contributed by atoms with Crippen LogP contribution < -0.4 is 0 Å². The monoisotopic (exact) mass is 565 g/mol. The molecule has 1 aromatic carbocycles. The van der Waals surface area contributed by atoms with Gasteiger partial charge in [0.15, 0.2) is 0 Å². The zero-order chi connectivity index (χ0) is 29.3. The van der Waals surface area contributed by atoms with E-state index in [1.807, 2.05) is 54.3 Å². The van der Waals surface area contributed by atoms with Crippen LogP contribution in [-0.2, 0) is 14.4 Å². The van der Waals surface area contributed by atoms with Crippen LogP contribution in [0, 0.1) is 17.3 Å². The number of carbonyl (C=O) groups is 3. The summed E-state index contributed by atoms with van der Waals surface area (Å²) in [4.78, 5) is 48.8. The molecule has 4 heterocycles. The molecule has 2 fully saturated rings. The minimum absolute atomic E-state index is 0.0204. The Labute approximate surface area is 242 Å². The molecule has 40 heavy (non-hydrogen) atoms. The van der Waals surface area contributed by atoms with E-state index in [9.17, 15) is 19.5 Å². The zero-order valence-electron chi connectivity index (χ0n) is 24.8. The maximum atomic E-state index is 14.9. The Bertz CT molecular complexity index is 1250. The van der Waals surface area contributed by atoms with E-state index >= 15 is 0 Å². The Morgan fingerprint density at radius 3 is 2.23 bits per heavy atom. The Kier molecular flexibility index (Phi) is 7.06. The number of nitrogens with zero attached hydrogens (tertiary/aromatic N) is 3. The van der Waals surface area contributed by atoms with Crippen molar-refractivity contribution in [1.29, 1.82) is 0 Å². The van der Waals surface area contributed by atoms with Gasteiger partial charge in [-0.1, -0.05) is 75.4 Å². The van der Waals surface area contributed by atoms with Gasteiger partial charge in [0.25, 0.3) is 0 Å². The topological polar surface area (TPSA) is 81.2 Å². The molecular weight excluding hydrogens is 522 g/mol. The summed E-state index contributed by atoms with van der Waals surface area (Å²) in [6, 6.07) is 7.86. The van der Waals surface area contributed by atoms with Crippen LogP contribution >= 0.6 is 11.8 Å². The molecule has 216 valence electrons. The number of likely N-dealkylation sites (tertiary alicyclic amines) is 1. The minimum Gasteiger partial charge on any atom is -0.394 e. The molecule has 3 amide bonds. The molecule has 1 aromatic rings. The standard InChI is InChI=1S/C32H43N3O4S/c1-29(2,3)20-30(4,5)34-18-12-16-32-24(23-26(37)33(7)17-11-15-31(23,6)40-32)27(38)35(25(32)28(34)39)22(19-36)21-13-9-8-10-14-21/h8-16,22-25,36H,17-20H2,1-7H3/t22-,23+,24+,25?,31-,32+/m1/s1. The predicted molar refractivity (Wildman–Crippen MR) is 158 cm³/mol. The second-order valence-electron chi connectivity index (χ2n) is 13.9. The maximum absolute atomic E-state index is 14.9. The van der Waals surface area contributed by atoms with E-state index in [1.54, 1.807) is 28.6 Å². The molecule has 4 aliphatic rings. The molecule has 8 heteroatoms. The number of carbonyl (C=O) groups excluding carboxylic acids is 3. The van der Waals surface area contributed by atoms with E-state index in [2.05, 4.69) is 46.8 Å². The lowest BCUT2D eigenvalue weighted by Crippen LogP contribution is -2.59. The molecule has 0 radical (unpaired) electrons. The third kappa shape index (κ3) is 4.42. The van der Waals surface area contributed by atoms with Crippen molar-refractivity contribution in [1.82, 2.24) is 14.7 Å². The molecule has 0 aliphatic carbocycles. The van der Waals surface area contributed by atoms with Crippen LogP contribution in [0.2, 0.25) is 0 Å². The molecular formula is C32H43N3O4S. The Balaban J connectivity index is 1.70. The number of hydrogen-bond acceptors (Lipinski definition) is 5. The highest BCUT2D eigenvalue weighted by atomic mass is 32.2. The van der Waals surface area contributed by atoms with Gasteiger partial charge in [0.1, 0.15) is 6.04 Å². The number of rotatable bonds is 5. The van der Waals surface area contributed by atoms with Crippen LogP contribution in [-0.4, -0.2) is 85.3 Å². The van der Waals surface area contributed by atoms with E-state index in [1.165, 1.54) is 0 Å². The second-order valence-corrected chi connectivity index (χ2v) is 15.7. The molecule has 0 saturated carbocycles. The second kappa shape index (κ2) is 9.76. The number of amides is 3. The molecule has 1 unspecified atom stereocenters. The first-order chi connectivity index (χ1) is 18.7. The highest BCUT2D eigenvalue weighted by Gasteiger charge is 2.74. The van der Waals surface area contributed by atoms with Crippen molar-refractivity contribution in [2.45, 2.75) is 75.1 Å². The SMILES string of the molecule is CN1CC=C[C@@]2(C)S[C@]34C=CCN(C(C)(C)CC(C)(C)C)C(=O)C3N([C@H](CO)c3ccccc3)C(=O)[C@@H]4[C@H]2C1=O. The van der Waals surface area contributed by atoms with Crippen molar-refractivity contribution in [3.8, 4) is 0 Å². The van der Waals surface area contributed by atoms with Gasteiger partial charge in [-0.2, -0.15) is 0 Å². The van der Waals surface area contributed by atoms with Gasteiger partial charge < -0.3 is 19.8 Å². The van der Waals surface area contributed by atoms with Gasteiger partial charge in [0.05, 0.1) is 29.2 Å². The lowest BCUT2D eigenvalue weighted by atomic mass is 9.74. The summed E-state index contributed by atoms with van der Waals surface area (Å²) in [6.07, 6.45) is 8.93. The fourth-order valence-electron chi connectivity index (χ4n) is 7.89. The fourth-order valence-corrected chi connectivity index (χ4v) is 10.0. The van der Waals surface area contributed by atoms with Crippen molar-refractivity contribution < 1.29 is 19.5 Å². The van der Waals surface area contributed by atoms with Gasteiger partial charge in [-0.05, 0) is 38.2 Å². The quantitative estimate of drug-likeness (QED) is 0.545. The average Bonchev–Trinajstić information content (AvgIpc) is 3.13. The highest BCUT2D eigenvalue weighted by Crippen LogP contribution is 2.66. The van der Waals surface area contributed by atoms with Gasteiger partial charge >= 0.3 is 0 Å². The van der Waals surface area contributed by atoms with E-state index in [0.717, 1.165) is 12.0 Å². The van der Waals surface area contributed by atoms with Gasteiger partial charge in [-0.15, -0.1) is 11.8 Å². The molecule has 5 rings (SSSR count). The van der Waals surface area contributed by atoms with Crippen molar-refractivity contribution in [2.24, 2.45) is 17.3 Å². The van der Waals surface area contributed by atoms with Gasteiger partial charge in [0.2, 0.25) is 17.7 Å². The van der Waals surface area contributed by atoms with E-state index in [0.29, 0.717) is 13.1 Å². The number of fused-ring (bicyclic) bond motifs is 2. The molecule has 4 aliphatic heterocycles. The summed E-state index contributed by atoms with van der Waals surface area (Å²) in [5.41, 5.74) is 0.271. The summed E-state index contributed by atoms with van der Waals surface area (Å²) < 4.78 is -1.59. The van der Waals surface area contributed by atoms with E-state index in [-0.39, 0.29) is 29.7 Å². The minimum atomic E-state index is -0.944. The van der Waals surface area contributed by atoms with E-state index in [4.69, 9.17) is 0 Å². The van der Waals surface area contributed by atoms with Crippen LogP contribution in [0.25, 0.3) is 0 Å². The number of likely N-dealkylation sites (N-methyl/N-ethyl adjacent to an activating group) is 1. The Morgan fingerprint density at radius 2 is 1.60 bits per heavy atom. The van der Waals surface area contributed by atoms with Crippen LogP contribution in [0.3, 0.4) is 0 Å². The molecule has 1 N–H and O–H groups in total. The molecule has 6 atom stereocenters. The fraction of sp³-hybridized carbons (Fsp3) is 0.594. The Hall–Kier alpha value is -2.58. The first-order valence-electron chi connectivity index (χ1n) is 14.3. The Morgan fingerprint density at radius 1 is 0.950 bits per heavy atom. The van der Waals surface area contributed by atoms with Crippen LogP contribution in [0.5, 0.6) is 0 Å². The third-order valence-electron chi connectivity index (χ3n) is 9.08. The van der Waals surface area contributed by atoms with Crippen molar-refractivity contribution >= 4 is 29.5 Å².